The molecule has 0 N–H and O–H groups in total. The Morgan fingerprint density at radius 1 is 1.21 bits per heavy atom. The third-order valence-electron chi connectivity index (χ3n) is 4.73. The van der Waals surface area contributed by atoms with Gasteiger partial charge in [0.2, 0.25) is 5.91 Å². The lowest BCUT2D eigenvalue weighted by Crippen LogP contribution is -2.40. The maximum Gasteiger partial charge on any atom is 0.243 e. The van der Waals surface area contributed by atoms with Gasteiger partial charge in [-0.05, 0) is 42.1 Å². The first-order valence-corrected chi connectivity index (χ1v) is 10.1. The second-order valence-corrected chi connectivity index (χ2v) is 8.02. The minimum absolute atomic E-state index is 0.0642. The van der Waals surface area contributed by atoms with Crippen LogP contribution in [-0.2, 0) is 11.3 Å². The predicted octanol–water partition coefficient (Wildman–Crippen LogP) is 5.09. The fourth-order valence-corrected chi connectivity index (χ4v) is 4.38. The highest BCUT2D eigenvalue weighted by Crippen LogP contribution is 2.30. The summed E-state index contributed by atoms with van der Waals surface area (Å²) < 4.78 is 14.2. The molecule has 2 aromatic carbocycles. The number of amides is 1. The molecule has 1 aromatic heterocycles. The monoisotopic (exact) mass is 413 g/mol. The molecule has 2 heterocycles. The molecule has 1 amide bonds. The molecular weight excluding hydrogens is 397 g/mol. The van der Waals surface area contributed by atoms with Crippen molar-refractivity contribution < 1.29 is 9.18 Å². The van der Waals surface area contributed by atoms with E-state index in [0.29, 0.717) is 16.1 Å². The Morgan fingerprint density at radius 3 is 2.79 bits per heavy atom. The molecule has 4 nitrogen and oxygen atoms in total. The lowest BCUT2D eigenvalue weighted by molar-refractivity contribution is -0.118. The zero-order valence-corrected chi connectivity index (χ0v) is 16.6. The van der Waals surface area contributed by atoms with E-state index in [1.54, 1.807) is 40.9 Å². The molecule has 0 bridgehead atoms. The summed E-state index contributed by atoms with van der Waals surface area (Å²) in [6, 6.07) is 12.0. The highest BCUT2D eigenvalue weighted by Gasteiger charge is 2.33. The van der Waals surface area contributed by atoms with Crippen molar-refractivity contribution in [3.8, 4) is 0 Å². The van der Waals surface area contributed by atoms with E-state index in [9.17, 15) is 9.18 Å². The van der Waals surface area contributed by atoms with Gasteiger partial charge in [-0.2, -0.15) is 0 Å². The molecule has 0 radical (unpaired) electrons. The number of halogens is 2. The van der Waals surface area contributed by atoms with Crippen LogP contribution in [0.5, 0.6) is 0 Å². The Morgan fingerprint density at radius 2 is 2.04 bits per heavy atom. The molecule has 142 valence electrons. The van der Waals surface area contributed by atoms with Gasteiger partial charge in [0.05, 0.1) is 18.1 Å². The van der Waals surface area contributed by atoms with Crippen molar-refractivity contribution in [1.82, 2.24) is 4.98 Å². The predicted molar refractivity (Wildman–Crippen MR) is 114 cm³/mol. The molecule has 0 spiro atoms. The van der Waals surface area contributed by atoms with Crippen LogP contribution in [0.1, 0.15) is 12.5 Å². The number of carbonyl (C=O) groups is 1. The topological polar surface area (TPSA) is 45.6 Å². The number of thioether (sulfide) groups is 1. The van der Waals surface area contributed by atoms with Crippen molar-refractivity contribution in [2.45, 2.75) is 24.8 Å². The number of nitrogens with zero attached hydrogens (tertiary/aromatic N) is 3. The molecule has 0 saturated carbocycles. The van der Waals surface area contributed by atoms with Gasteiger partial charge in [-0.15, -0.1) is 0 Å². The lowest BCUT2D eigenvalue weighted by atomic mass is 10.1. The van der Waals surface area contributed by atoms with Crippen molar-refractivity contribution in [1.29, 1.82) is 0 Å². The number of aromatic nitrogens is 1. The number of benzene rings is 2. The first kappa shape index (κ1) is 18.9. The molecule has 2 unspecified atom stereocenters. The maximum absolute atomic E-state index is 14.2. The van der Waals surface area contributed by atoms with E-state index in [4.69, 9.17) is 11.6 Å². The Hall–Kier alpha value is -2.44. The normalized spacial score (nSPS) is 18.5. The molecule has 2 atom stereocenters. The van der Waals surface area contributed by atoms with Crippen LogP contribution in [0.25, 0.3) is 10.8 Å². The van der Waals surface area contributed by atoms with Crippen LogP contribution >= 0.6 is 23.4 Å². The lowest BCUT2D eigenvalue weighted by Gasteiger charge is -2.27. The largest absolute Gasteiger partial charge is 0.307 e. The Kier molecular flexibility index (Phi) is 5.33. The molecule has 3 aromatic rings. The van der Waals surface area contributed by atoms with Gasteiger partial charge < -0.3 is 4.90 Å². The molecule has 1 aliphatic rings. The molecule has 4 rings (SSSR count). The summed E-state index contributed by atoms with van der Waals surface area (Å²) in [4.78, 5) is 23.5. The number of hydrogen-bond acceptors (Lipinski definition) is 4. The summed E-state index contributed by atoms with van der Waals surface area (Å²) in [5.41, 5.74) is 3.17. The van der Waals surface area contributed by atoms with Gasteiger partial charge in [0, 0.05) is 28.5 Å². The second kappa shape index (κ2) is 7.89. The maximum atomic E-state index is 14.2. The van der Waals surface area contributed by atoms with Gasteiger partial charge in [-0.1, -0.05) is 41.6 Å². The van der Waals surface area contributed by atoms with Crippen LogP contribution in [0.15, 0.2) is 59.9 Å². The first-order chi connectivity index (χ1) is 13.5. The summed E-state index contributed by atoms with van der Waals surface area (Å²) in [7, 11) is 0. The zero-order valence-electron chi connectivity index (χ0n) is 15.0. The van der Waals surface area contributed by atoms with Crippen LogP contribution in [-0.4, -0.2) is 27.7 Å². The summed E-state index contributed by atoms with van der Waals surface area (Å²) in [6.07, 6.45) is 3.18. The van der Waals surface area contributed by atoms with Gasteiger partial charge in [0.1, 0.15) is 11.1 Å². The number of hydrogen-bond donors (Lipinski definition) is 0. The van der Waals surface area contributed by atoms with Crippen LogP contribution in [0.3, 0.4) is 0 Å². The molecule has 0 fully saturated rings. The third-order valence-corrected chi connectivity index (χ3v) is 6.10. The van der Waals surface area contributed by atoms with Crippen LogP contribution in [0, 0.1) is 5.82 Å². The van der Waals surface area contributed by atoms with E-state index < -0.39 is 0 Å². The number of fused-ring (bicyclic) bond motifs is 1. The number of anilines is 1. The summed E-state index contributed by atoms with van der Waals surface area (Å²) in [6.45, 7) is 2.18. The minimum Gasteiger partial charge on any atom is -0.307 e. The van der Waals surface area contributed by atoms with E-state index >= 15 is 0 Å². The number of pyridine rings is 1. The van der Waals surface area contributed by atoms with E-state index in [-0.39, 0.29) is 29.6 Å². The Labute approximate surface area is 171 Å². The molecule has 28 heavy (non-hydrogen) atoms. The summed E-state index contributed by atoms with van der Waals surface area (Å²) in [5.74, 6) is -0.397. The highest BCUT2D eigenvalue weighted by atomic mass is 35.5. The Bertz CT molecular complexity index is 1070. The van der Waals surface area contributed by atoms with Crippen LogP contribution in [0.2, 0.25) is 5.02 Å². The number of rotatable bonds is 4. The van der Waals surface area contributed by atoms with E-state index in [1.165, 1.54) is 24.0 Å². The van der Waals surface area contributed by atoms with Crippen molar-refractivity contribution in [3.63, 3.8) is 0 Å². The second-order valence-electron chi connectivity index (χ2n) is 6.59. The fraction of sp³-hybridized carbons (Fsp3) is 0.190. The molecule has 0 saturated heterocycles. The van der Waals surface area contributed by atoms with Crippen LogP contribution in [0.4, 0.5) is 10.1 Å². The van der Waals surface area contributed by atoms with Gasteiger partial charge in [-0.25, -0.2) is 4.39 Å². The molecular formula is C21H17ClFN3OS. The smallest absolute Gasteiger partial charge is 0.243 e. The standard InChI is InChI=1S/C21H17ClFN3OS/c1-13-20(28-12-25-13)21(27)26(16-5-2-4-15(22)8-16)11-14-9-24-10-18-17(14)6-3-7-19(18)23/h2-10,12-13,20H,11H2,1H3. The van der Waals surface area contributed by atoms with Crippen molar-refractivity contribution in [2.75, 3.05) is 4.90 Å². The fourth-order valence-electron chi connectivity index (χ4n) is 3.26. The summed E-state index contributed by atoms with van der Waals surface area (Å²) in [5, 5.41) is 1.41. The first-order valence-electron chi connectivity index (χ1n) is 8.80. The SMILES string of the molecule is CC1N=CSC1C(=O)N(Cc1cncc2c(F)cccc12)c1cccc(Cl)c1. The Balaban J connectivity index is 1.76. The van der Waals surface area contributed by atoms with Crippen molar-refractivity contribution >= 4 is 51.3 Å². The average Bonchev–Trinajstić information content (AvgIpc) is 3.12. The molecule has 7 heteroatoms. The molecule has 0 aliphatic carbocycles. The minimum atomic E-state index is -0.333. The van der Waals surface area contributed by atoms with Gasteiger partial charge in [0.25, 0.3) is 0 Å². The van der Waals surface area contributed by atoms with E-state index in [2.05, 4.69) is 9.98 Å². The average molecular weight is 414 g/mol. The van der Waals surface area contributed by atoms with E-state index in [0.717, 1.165) is 10.9 Å². The third kappa shape index (κ3) is 3.62. The van der Waals surface area contributed by atoms with Gasteiger partial charge >= 0.3 is 0 Å². The summed E-state index contributed by atoms with van der Waals surface area (Å²) >= 11 is 7.58. The van der Waals surface area contributed by atoms with E-state index in [1.807, 2.05) is 19.1 Å². The van der Waals surface area contributed by atoms with Crippen LogP contribution < -0.4 is 4.90 Å². The van der Waals surface area contributed by atoms with Crippen molar-refractivity contribution in [3.05, 3.63) is 71.3 Å². The van der Waals surface area contributed by atoms with Gasteiger partial charge in [-0.3, -0.25) is 14.8 Å². The number of aliphatic imine (C=N–C) groups is 1. The molecule has 1 aliphatic heterocycles. The van der Waals surface area contributed by atoms with Crippen molar-refractivity contribution in [2.24, 2.45) is 4.99 Å². The number of carbonyl (C=O) groups excluding carboxylic acids is 1. The quantitative estimate of drug-likeness (QED) is 0.598. The highest BCUT2D eigenvalue weighted by molar-refractivity contribution is 8.13. The van der Waals surface area contributed by atoms with Gasteiger partial charge in [0.15, 0.2) is 0 Å². The zero-order chi connectivity index (χ0) is 19.7.